The molecule has 2 nitrogen and oxygen atoms in total. The highest BCUT2D eigenvalue weighted by atomic mass is 32.2. The molecule has 1 aromatic carbocycles. The molecule has 3 rings (SSSR count). The average Bonchev–Trinajstić information content (AvgIpc) is 3.02. The third-order valence-electron chi connectivity index (χ3n) is 4.07. The summed E-state index contributed by atoms with van der Waals surface area (Å²) < 4.78 is 5.42. The monoisotopic (exact) mass is 263 g/mol. The lowest BCUT2D eigenvalue weighted by Crippen LogP contribution is -2.33. The fourth-order valence-corrected chi connectivity index (χ4v) is 4.27. The van der Waals surface area contributed by atoms with E-state index < -0.39 is 0 Å². The third kappa shape index (κ3) is 2.73. The summed E-state index contributed by atoms with van der Waals surface area (Å²) >= 11 is 2.03. The van der Waals surface area contributed by atoms with Crippen molar-refractivity contribution in [2.75, 3.05) is 13.7 Å². The van der Waals surface area contributed by atoms with Crippen LogP contribution >= 0.6 is 11.8 Å². The second kappa shape index (κ2) is 5.64. The van der Waals surface area contributed by atoms with Crippen molar-refractivity contribution in [2.24, 2.45) is 0 Å². The number of thioether (sulfide) groups is 1. The smallest absolute Gasteiger partial charge is 0.0586 e. The Bertz CT molecular complexity index is 384. The summed E-state index contributed by atoms with van der Waals surface area (Å²) in [6, 6.07) is 9.46. The molecule has 0 spiro atoms. The molecule has 3 atom stereocenters. The molecule has 1 N–H and O–H groups in total. The molecule has 0 amide bonds. The van der Waals surface area contributed by atoms with Gasteiger partial charge in [0.2, 0.25) is 0 Å². The van der Waals surface area contributed by atoms with Crippen molar-refractivity contribution in [1.29, 1.82) is 0 Å². The van der Waals surface area contributed by atoms with E-state index in [1.807, 2.05) is 18.9 Å². The summed E-state index contributed by atoms with van der Waals surface area (Å²) in [6.07, 6.45) is 5.36. The summed E-state index contributed by atoms with van der Waals surface area (Å²) in [4.78, 5) is 1.48. The zero-order valence-corrected chi connectivity index (χ0v) is 11.7. The Morgan fingerprint density at radius 1 is 1.33 bits per heavy atom. The van der Waals surface area contributed by atoms with Crippen molar-refractivity contribution in [3.05, 3.63) is 29.8 Å². The lowest BCUT2D eigenvalue weighted by Gasteiger charge is -2.16. The number of ether oxygens (including phenoxy) is 1. The minimum Gasteiger partial charge on any atom is -0.381 e. The topological polar surface area (TPSA) is 21.3 Å². The number of methoxy groups -OCH3 is 1. The molecule has 0 bridgehead atoms. The van der Waals surface area contributed by atoms with E-state index in [2.05, 4.69) is 29.6 Å². The van der Waals surface area contributed by atoms with E-state index in [0.717, 1.165) is 6.54 Å². The van der Waals surface area contributed by atoms with Gasteiger partial charge >= 0.3 is 0 Å². The molecular formula is C15H21NOS. The first kappa shape index (κ1) is 12.5. The molecule has 3 heteroatoms. The molecule has 0 radical (unpaired) electrons. The molecule has 0 aromatic heterocycles. The van der Waals surface area contributed by atoms with Crippen LogP contribution in [0.5, 0.6) is 0 Å². The van der Waals surface area contributed by atoms with E-state index in [4.69, 9.17) is 4.74 Å². The van der Waals surface area contributed by atoms with Gasteiger partial charge < -0.3 is 10.1 Å². The zero-order valence-electron chi connectivity index (χ0n) is 10.9. The molecule has 1 aliphatic heterocycles. The third-order valence-corrected chi connectivity index (χ3v) is 5.38. The lowest BCUT2D eigenvalue weighted by atomic mass is 10.1. The van der Waals surface area contributed by atoms with Crippen LogP contribution in [-0.2, 0) is 11.2 Å². The predicted molar refractivity (Wildman–Crippen MR) is 76.2 cm³/mol. The van der Waals surface area contributed by atoms with Crippen molar-refractivity contribution in [2.45, 2.75) is 48.0 Å². The minimum absolute atomic E-state index is 0.482. The highest BCUT2D eigenvalue weighted by Gasteiger charge is 2.26. The molecule has 1 aromatic rings. The fraction of sp³-hybridized carbons (Fsp3) is 0.600. The van der Waals surface area contributed by atoms with Crippen LogP contribution in [0.25, 0.3) is 0 Å². The molecule has 0 saturated heterocycles. The summed E-state index contributed by atoms with van der Waals surface area (Å²) in [5, 5.41) is 4.43. The van der Waals surface area contributed by atoms with Crippen LogP contribution in [0.2, 0.25) is 0 Å². The Morgan fingerprint density at radius 3 is 3.00 bits per heavy atom. The molecule has 3 unspecified atom stereocenters. The summed E-state index contributed by atoms with van der Waals surface area (Å²) in [5.41, 5.74) is 1.52. The van der Waals surface area contributed by atoms with Gasteiger partial charge in [0.05, 0.1) is 6.10 Å². The molecule has 1 fully saturated rings. The van der Waals surface area contributed by atoms with Crippen LogP contribution in [-0.4, -0.2) is 31.1 Å². The van der Waals surface area contributed by atoms with Crippen LogP contribution in [0, 0.1) is 0 Å². The summed E-state index contributed by atoms with van der Waals surface area (Å²) in [7, 11) is 1.83. The maximum Gasteiger partial charge on any atom is 0.0586 e. The first-order valence-corrected chi connectivity index (χ1v) is 7.74. The van der Waals surface area contributed by atoms with Crippen molar-refractivity contribution in [3.63, 3.8) is 0 Å². The summed E-state index contributed by atoms with van der Waals surface area (Å²) in [5.74, 6) is 0. The van der Waals surface area contributed by atoms with Gasteiger partial charge in [-0.05, 0) is 37.3 Å². The Morgan fingerprint density at radius 2 is 2.22 bits per heavy atom. The van der Waals surface area contributed by atoms with Crippen LogP contribution in [0.1, 0.15) is 24.8 Å². The molecule has 1 aliphatic carbocycles. The van der Waals surface area contributed by atoms with Gasteiger partial charge in [-0.3, -0.25) is 0 Å². The molecule has 1 saturated carbocycles. The van der Waals surface area contributed by atoms with E-state index in [1.54, 1.807) is 0 Å². The molecule has 2 aliphatic rings. The largest absolute Gasteiger partial charge is 0.381 e. The first-order chi connectivity index (χ1) is 8.85. The van der Waals surface area contributed by atoms with E-state index in [9.17, 15) is 0 Å². The fourth-order valence-electron chi connectivity index (χ4n) is 3.01. The van der Waals surface area contributed by atoms with Gasteiger partial charge in [0, 0.05) is 29.8 Å². The maximum atomic E-state index is 5.42. The van der Waals surface area contributed by atoms with Gasteiger partial charge in [0.25, 0.3) is 0 Å². The second-order valence-electron chi connectivity index (χ2n) is 5.33. The summed E-state index contributed by atoms with van der Waals surface area (Å²) in [6.45, 7) is 1.13. The molecule has 98 valence electrons. The molecular weight excluding hydrogens is 242 g/mol. The van der Waals surface area contributed by atoms with Crippen molar-refractivity contribution in [3.8, 4) is 0 Å². The van der Waals surface area contributed by atoms with Crippen LogP contribution in [0.4, 0.5) is 0 Å². The average molecular weight is 263 g/mol. The second-order valence-corrected chi connectivity index (χ2v) is 6.67. The van der Waals surface area contributed by atoms with Gasteiger partial charge in [-0.1, -0.05) is 18.2 Å². The van der Waals surface area contributed by atoms with Crippen LogP contribution in [0.3, 0.4) is 0 Å². The van der Waals surface area contributed by atoms with Crippen molar-refractivity contribution < 1.29 is 4.74 Å². The van der Waals surface area contributed by atoms with Gasteiger partial charge in [0.1, 0.15) is 0 Å². The number of hydrogen-bond acceptors (Lipinski definition) is 3. The Labute approximate surface area is 113 Å². The normalized spacial score (nSPS) is 30.6. The van der Waals surface area contributed by atoms with Gasteiger partial charge in [-0.25, -0.2) is 0 Å². The molecule has 1 heterocycles. The number of nitrogens with one attached hydrogen (secondary N) is 1. The van der Waals surface area contributed by atoms with Gasteiger partial charge in [-0.2, -0.15) is 0 Å². The lowest BCUT2D eigenvalue weighted by molar-refractivity contribution is 0.107. The number of rotatable bonds is 4. The molecule has 18 heavy (non-hydrogen) atoms. The van der Waals surface area contributed by atoms with E-state index >= 15 is 0 Å². The zero-order chi connectivity index (χ0) is 12.4. The Balaban J connectivity index is 1.46. The van der Waals surface area contributed by atoms with Crippen molar-refractivity contribution >= 4 is 11.8 Å². The quantitative estimate of drug-likeness (QED) is 0.902. The number of fused-ring (bicyclic) bond motifs is 1. The van der Waals surface area contributed by atoms with E-state index in [0.29, 0.717) is 17.4 Å². The van der Waals surface area contributed by atoms with E-state index in [1.165, 1.54) is 36.1 Å². The van der Waals surface area contributed by atoms with Gasteiger partial charge in [-0.15, -0.1) is 11.8 Å². The first-order valence-electron chi connectivity index (χ1n) is 6.86. The predicted octanol–water partition coefficient (Wildman–Crippen LogP) is 2.86. The van der Waals surface area contributed by atoms with Crippen molar-refractivity contribution in [1.82, 2.24) is 5.32 Å². The Hall–Kier alpha value is -0.510. The SMILES string of the molecule is COC1CCC(NCC2Cc3ccccc3S2)C1. The minimum atomic E-state index is 0.482. The number of hydrogen-bond donors (Lipinski definition) is 1. The van der Waals surface area contributed by atoms with E-state index in [-0.39, 0.29) is 0 Å². The van der Waals surface area contributed by atoms with Crippen LogP contribution in [0.15, 0.2) is 29.2 Å². The number of benzene rings is 1. The Kier molecular flexibility index (Phi) is 3.92. The maximum absolute atomic E-state index is 5.42. The standard InChI is InChI=1S/C15H21NOS/c1-17-13-7-6-12(9-13)16-10-14-8-11-4-2-3-5-15(11)18-14/h2-5,12-14,16H,6-10H2,1H3. The highest BCUT2D eigenvalue weighted by molar-refractivity contribution is 8.00. The van der Waals surface area contributed by atoms with Gasteiger partial charge in [0.15, 0.2) is 0 Å². The highest BCUT2D eigenvalue weighted by Crippen LogP contribution is 2.36. The van der Waals surface area contributed by atoms with Crippen LogP contribution < -0.4 is 5.32 Å².